The first kappa shape index (κ1) is 13.4. The number of hydrogen-bond acceptors (Lipinski definition) is 3. The molecule has 0 aromatic rings. The molecular weight excluding hydrogens is 178 g/mol. The van der Waals surface area contributed by atoms with Crippen molar-refractivity contribution in [1.82, 2.24) is 5.32 Å². The van der Waals surface area contributed by atoms with Crippen molar-refractivity contribution < 1.29 is 9.53 Å². The molecule has 3 nitrogen and oxygen atoms in total. The van der Waals surface area contributed by atoms with Crippen LogP contribution in [0.25, 0.3) is 0 Å². The predicted octanol–water partition coefficient (Wildman–Crippen LogP) is 1.96. The normalized spacial score (nSPS) is 13.4. The Hall–Kier alpha value is -0.570. The Bertz CT molecular complexity index is 165. The van der Waals surface area contributed by atoms with Gasteiger partial charge in [0.2, 0.25) is 0 Å². The number of rotatable bonds is 6. The Morgan fingerprint density at radius 2 is 1.79 bits per heavy atom. The molecule has 0 rings (SSSR count). The van der Waals surface area contributed by atoms with Gasteiger partial charge in [0.15, 0.2) is 0 Å². The van der Waals surface area contributed by atoms with Gasteiger partial charge in [0.05, 0.1) is 7.11 Å². The van der Waals surface area contributed by atoms with E-state index in [0.717, 1.165) is 12.8 Å². The van der Waals surface area contributed by atoms with Crippen molar-refractivity contribution >= 4 is 5.97 Å². The smallest absolute Gasteiger partial charge is 0.323 e. The fraction of sp³-hybridized carbons (Fsp3) is 0.909. The number of esters is 1. The van der Waals surface area contributed by atoms with Crippen LogP contribution < -0.4 is 5.32 Å². The summed E-state index contributed by atoms with van der Waals surface area (Å²) in [5.41, 5.74) is 0. The summed E-state index contributed by atoms with van der Waals surface area (Å²) in [5.74, 6) is 0.220. The van der Waals surface area contributed by atoms with Crippen LogP contribution in [-0.4, -0.2) is 25.2 Å². The molecule has 1 atom stereocenters. The minimum Gasteiger partial charge on any atom is -0.468 e. The Labute approximate surface area is 87.2 Å². The lowest BCUT2D eigenvalue weighted by molar-refractivity contribution is -0.145. The van der Waals surface area contributed by atoms with E-state index >= 15 is 0 Å². The second-order valence-electron chi connectivity index (χ2n) is 3.90. The fourth-order valence-corrected chi connectivity index (χ4v) is 1.64. The molecule has 0 aliphatic carbocycles. The third kappa shape index (κ3) is 4.09. The van der Waals surface area contributed by atoms with E-state index in [1.807, 2.05) is 13.8 Å². The molecular formula is C11H23NO2. The van der Waals surface area contributed by atoms with Crippen molar-refractivity contribution in [3.63, 3.8) is 0 Å². The molecule has 1 N–H and O–H groups in total. The maximum absolute atomic E-state index is 11.5. The monoisotopic (exact) mass is 201 g/mol. The van der Waals surface area contributed by atoms with Gasteiger partial charge < -0.3 is 10.1 Å². The van der Waals surface area contributed by atoms with Crippen LogP contribution in [0.2, 0.25) is 0 Å². The molecule has 3 heteroatoms. The lowest BCUT2D eigenvalue weighted by Crippen LogP contribution is -2.46. The number of methoxy groups -OCH3 is 1. The Morgan fingerprint density at radius 1 is 1.29 bits per heavy atom. The third-order valence-electron chi connectivity index (χ3n) is 2.49. The van der Waals surface area contributed by atoms with Crippen LogP contribution in [0.5, 0.6) is 0 Å². The first-order chi connectivity index (χ1) is 6.56. The van der Waals surface area contributed by atoms with E-state index < -0.39 is 0 Å². The van der Waals surface area contributed by atoms with Gasteiger partial charge in [-0.05, 0) is 5.92 Å². The van der Waals surface area contributed by atoms with Gasteiger partial charge in [0, 0.05) is 6.04 Å². The molecule has 0 saturated heterocycles. The van der Waals surface area contributed by atoms with E-state index in [1.165, 1.54) is 7.11 Å². The van der Waals surface area contributed by atoms with E-state index in [9.17, 15) is 4.79 Å². The summed E-state index contributed by atoms with van der Waals surface area (Å²) in [6.45, 7) is 8.29. The highest BCUT2D eigenvalue weighted by Gasteiger charge is 2.26. The standard InChI is InChI=1S/C11H23NO2/c1-6-9(7-2)10(11(13)14-5)12-8(3)4/h8-10,12H,6-7H2,1-5H3. The predicted molar refractivity (Wildman–Crippen MR) is 58.1 cm³/mol. The highest BCUT2D eigenvalue weighted by atomic mass is 16.5. The van der Waals surface area contributed by atoms with Crippen molar-refractivity contribution in [3.05, 3.63) is 0 Å². The summed E-state index contributed by atoms with van der Waals surface area (Å²) in [6, 6.07) is 0.148. The summed E-state index contributed by atoms with van der Waals surface area (Å²) >= 11 is 0. The molecule has 0 radical (unpaired) electrons. The van der Waals surface area contributed by atoms with Crippen molar-refractivity contribution in [2.45, 2.75) is 52.6 Å². The van der Waals surface area contributed by atoms with E-state index in [-0.39, 0.29) is 12.0 Å². The van der Waals surface area contributed by atoms with Gasteiger partial charge in [0.1, 0.15) is 6.04 Å². The molecule has 0 spiro atoms. The molecule has 0 amide bonds. The van der Waals surface area contributed by atoms with E-state index in [2.05, 4.69) is 19.2 Å². The largest absolute Gasteiger partial charge is 0.468 e. The molecule has 0 aliphatic rings. The highest BCUT2D eigenvalue weighted by Crippen LogP contribution is 2.14. The molecule has 0 saturated carbocycles. The zero-order valence-electron chi connectivity index (χ0n) is 9.96. The molecule has 0 aliphatic heterocycles. The minimum atomic E-state index is -0.157. The van der Waals surface area contributed by atoms with Gasteiger partial charge in [-0.3, -0.25) is 4.79 Å². The van der Waals surface area contributed by atoms with Gasteiger partial charge in [-0.2, -0.15) is 0 Å². The van der Waals surface area contributed by atoms with Gasteiger partial charge >= 0.3 is 5.97 Å². The number of carbonyl (C=O) groups is 1. The molecule has 0 aromatic heterocycles. The number of carbonyl (C=O) groups excluding carboxylic acids is 1. The zero-order valence-corrected chi connectivity index (χ0v) is 9.96. The SMILES string of the molecule is CCC(CC)C(NC(C)C)C(=O)OC. The molecule has 0 aromatic carbocycles. The molecule has 14 heavy (non-hydrogen) atoms. The summed E-state index contributed by atoms with van der Waals surface area (Å²) in [4.78, 5) is 11.5. The quantitative estimate of drug-likeness (QED) is 0.668. The number of ether oxygens (including phenoxy) is 1. The average molecular weight is 201 g/mol. The van der Waals surface area contributed by atoms with Gasteiger partial charge in [-0.15, -0.1) is 0 Å². The maximum atomic E-state index is 11.5. The van der Waals surface area contributed by atoms with Crippen LogP contribution in [0.4, 0.5) is 0 Å². The summed E-state index contributed by atoms with van der Waals surface area (Å²) < 4.78 is 4.80. The summed E-state index contributed by atoms with van der Waals surface area (Å²) in [5, 5.41) is 3.26. The molecule has 0 fully saturated rings. The van der Waals surface area contributed by atoms with Crippen molar-refractivity contribution in [2.24, 2.45) is 5.92 Å². The van der Waals surface area contributed by atoms with Crippen molar-refractivity contribution in [2.75, 3.05) is 7.11 Å². The first-order valence-corrected chi connectivity index (χ1v) is 5.40. The minimum absolute atomic E-state index is 0.146. The van der Waals surface area contributed by atoms with E-state index in [0.29, 0.717) is 12.0 Å². The Morgan fingerprint density at radius 3 is 2.07 bits per heavy atom. The van der Waals surface area contributed by atoms with Crippen LogP contribution in [0.1, 0.15) is 40.5 Å². The van der Waals surface area contributed by atoms with Gasteiger partial charge in [-0.1, -0.05) is 40.5 Å². The summed E-state index contributed by atoms with van der Waals surface area (Å²) in [6.07, 6.45) is 1.99. The first-order valence-electron chi connectivity index (χ1n) is 5.40. The average Bonchev–Trinajstić information content (AvgIpc) is 2.16. The van der Waals surface area contributed by atoms with Crippen LogP contribution in [0, 0.1) is 5.92 Å². The van der Waals surface area contributed by atoms with Crippen LogP contribution in [-0.2, 0) is 9.53 Å². The van der Waals surface area contributed by atoms with E-state index in [4.69, 9.17) is 4.74 Å². The van der Waals surface area contributed by atoms with Gasteiger partial charge in [0.25, 0.3) is 0 Å². The summed E-state index contributed by atoms with van der Waals surface area (Å²) in [7, 11) is 1.44. The second-order valence-corrected chi connectivity index (χ2v) is 3.90. The number of nitrogens with one attached hydrogen (secondary N) is 1. The van der Waals surface area contributed by atoms with Crippen molar-refractivity contribution in [3.8, 4) is 0 Å². The molecule has 84 valence electrons. The van der Waals surface area contributed by atoms with Gasteiger partial charge in [-0.25, -0.2) is 0 Å². The Kier molecular flexibility index (Phi) is 6.54. The lowest BCUT2D eigenvalue weighted by atomic mass is 9.93. The molecule has 0 heterocycles. The fourth-order valence-electron chi connectivity index (χ4n) is 1.64. The van der Waals surface area contributed by atoms with Crippen LogP contribution >= 0.6 is 0 Å². The van der Waals surface area contributed by atoms with Crippen LogP contribution in [0.3, 0.4) is 0 Å². The van der Waals surface area contributed by atoms with Crippen molar-refractivity contribution in [1.29, 1.82) is 0 Å². The maximum Gasteiger partial charge on any atom is 0.323 e. The topological polar surface area (TPSA) is 38.3 Å². The number of hydrogen-bond donors (Lipinski definition) is 1. The van der Waals surface area contributed by atoms with E-state index in [1.54, 1.807) is 0 Å². The highest BCUT2D eigenvalue weighted by molar-refractivity contribution is 5.76. The lowest BCUT2D eigenvalue weighted by Gasteiger charge is -2.25. The second kappa shape index (κ2) is 6.82. The zero-order chi connectivity index (χ0) is 11.1. The molecule has 1 unspecified atom stereocenters. The van der Waals surface area contributed by atoms with Crippen LogP contribution in [0.15, 0.2) is 0 Å². The Balaban J connectivity index is 4.43. The third-order valence-corrected chi connectivity index (χ3v) is 2.49. The molecule has 0 bridgehead atoms.